The van der Waals surface area contributed by atoms with E-state index in [4.69, 9.17) is 5.11 Å². The number of H-pyrrole nitrogens is 1. The lowest BCUT2D eigenvalue weighted by Crippen LogP contribution is -2.49. The Balaban J connectivity index is 1.88. The van der Waals surface area contributed by atoms with Crippen LogP contribution in [0.3, 0.4) is 0 Å². The minimum atomic E-state index is -3.18. The van der Waals surface area contributed by atoms with Crippen molar-refractivity contribution in [1.29, 1.82) is 0 Å². The summed E-state index contributed by atoms with van der Waals surface area (Å²) in [5.74, 6) is -3.18. The highest BCUT2D eigenvalue weighted by Crippen LogP contribution is 2.41. The molecule has 142 valence electrons. The average molecular weight is 437 g/mol. The lowest BCUT2D eigenvalue weighted by atomic mass is 9.85. The Labute approximate surface area is 163 Å². The molecule has 0 aliphatic carbocycles. The number of pyridine rings is 1. The predicted molar refractivity (Wildman–Crippen MR) is 102 cm³/mol. The number of hydrogen-bond donors (Lipinski definition) is 2. The molecule has 27 heavy (non-hydrogen) atoms. The zero-order chi connectivity index (χ0) is 19.2. The first-order valence-electron chi connectivity index (χ1n) is 8.70. The number of aromatic nitrogens is 3. The number of aliphatic hydroxyl groups excluding tert-OH is 1. The smallest absolute Gasteiger partial charge is 0.283 e. The van der Waals surface area contributed by atoms with E-state index in [1.54, 1.807) is 17.3 Å². The third kappa shape index (κ3) is 3.37. The molecule has 0 bridgehead atoms. The molecule has 2 atom stereocenters. The molecular formula is C19H19BrF2N4O. The van der Waals surface area contributed by atoms with Crippen LogP contribution < -0.4 is 0 Å². The van der Waals surface area contributed by atoms with Crippen molar-refractivity contribution in [3.05, 3.63) is 58.0 Å². The molecule has 8 heteroatoms. The predicted octanol–water partition coefficient (Wildman–Crippen LogP) is 3.68. The number of halogens is 3. The van der Waals surface area contributed by atoms with E-state index in [1.165, 1.54) is 0 Å². The van der Waals surface area contributed by atoms with Gasteiger partial charge in [0.05, 0.1) is 30.0 Å². The maximum atomic E-state index is 14.1. The summed E-state index contributed by atoms with van der Waals surface area (Å²) in [5.41, 5.74) is 3.68. The van der Waals surface area contributed by atoms with Crippen LogP contribution in [0.25, 0.3) is 10.9 Å². The van der Waals surface area contributed by atoms with Gasteiger partial charge in [-0.3, -0.25) is 15.0 Å². The number of aromatic amines is 1. The minimum Gasteiger partial charge on any atom is -0.390 e. The number of rotatable bonds is 4. The highest BCUT2D eigenvalue weighted by atomic mass is 79.9. The van der Waals surface area contributed by atoms with Crippen molar-refractivity contribution in [3.8, 4) is 0 Å². The molecule has 1 aromatic carbocycles. The summed E-state index contributed by atoms with van der Waals surface area (Å²) in [6.07, 6.45) is 4.08. The van der Waals surface area contributed by atoms with Gasteiger partial charge in [0.15, 0.2) is 0 Å². The second-order valence-corrected chi connectivity index (χ2v) is 7.92. The molecule has 5 nitrogen and oxygen atoms in total. The molecule has 1 aliphatic heterocycles. The number of nitrogens with zero attached hydrogens (tertiary/aromatic N) is 3. The summed E-state index contributed by atoms with van der Waals surface area (Å²) in [6.45, 7) is 0.224. The van der Waals surface area contributed by atoms with Crippen molar-refractivity contribution in [2.45, 2.75) is 31.4 Å². The Morgan fingerprint density at radius 2 is 2.11 bits per heavy atom. The van der Waals surface area contributed by atoms with E-state index in [0.29, 0.717) is 12.1 Å². The summed E-state index contributed by atoms with van der Waals surface area (Å²) < 4.78 is 29.0. The van der Waals surface area contributed by atoms with Crippen LogP contribution >= 0.6 is 15.9 Å². The second-order valence-electron chi connectivity index (χ2n) is 7.01. The van der Waals surface area contributed by atoms with E-state index < -0.39 is 25.1 Å². The number of hydrogen-bond acceptors (Lipinski definition) is 4. The zero-order valence-corrected chi connectivity index (χ0v) is 16.2. The number of benzene rings is 1. The fourth-order valence-corrected chi connectivity index (χ4v) is 4.10. The molecule has 0 fully saturated rings. The highest BCUT2D eigenvalue weighted by Gasteiger charge is 2.41. The topological polar surface area (TPSA) is 65.0 Å². The Kier molecular flexibility index (Phi) is 4.73. The monoisotopic (exact) mass is 436 g/mol. The largest absolute Gasteiger partial charge is 0.390 e. The van der Waals surface area contributed by atoms with E-state index in [9.17, 15) is 8.78 Å². The van der Waals surface area contributed by atoms with Gasteiger partial charge >= 0.3 is 0 Å². The van der Waals surface area contributed by atoms with E-state index in [2.05, 4.69) is 31.1 Å². The zero-order valence-electron chi connectivity index (χ0n) is 14.7. The summed E-state index contributed by atoms with van der Waals surface area (Å²) in [5, 5.41) is 17.2. The quantitative estimate of drug-likeness (QED) is 0.654. The van der Waals surface area contributed by atoms with E-state index in [-0.39, 0.29) is 6.04 Å². The maximum absolute atomic E-state index is 14.1. The molecule has 2 aromatic heterocycles. The minimum absolute atomic E-state index is 0.147. The van der Waals surface area contributed by atoms with Gasteiger partial charge in [0.2, 0.25) is 0 Å². The molecule has 1 aliphatic rings. The molecule has 0 spiro atoms. The van der Waals surface area contributed by atoms with Crippen molar-refractivity contribution in [1.82, 2.24) is 20.1 Å². The summed E-state index contributed by atoms with van der Waals surface area (Å²) in [4.78, 5) is 6.23. The molecule has 0 saturated carbocycles. The normalized spacial score (nSPS) is 20.8. The summed E-state index contributed by atoms with van der Waals surface area (Å²) >= 11 is 3.37. The highest BCUT2D eigenvalue weighted by molar-refractivity contribution is 9.10. The van der Waals surface area contributed by atoms with Gasteiger partial charge in [-0.2, -0.15) is 5.10 Å². The van der Waals surface area contributed by atoms with Crippen molar-refractivity contribution in [2.75, 3.05) is 13.2 Å². The van der Waals surface area contributed by atoms with Gasteiger partial charge in [0.25, 0.3) is 5.92 Å². The molecule has 3 heterocycles. The summed E-state index contributed by atoms with van der Waals surface area (Å²) in [7, 11) is 0. The Bertz CT molecular complexity index is 960. The molecule has 0 saturated heterocycles. The molecule has 4 rings (SSSR count). The van der Waals surface area contributed by atoms with Gasteiger partial charge in [-0.25, -0.2) is 8.78 Å². The fourth-order valence-electron chi connectivity index (χ4n) is 3.87. The fraction of sp³-hybridized carbons (Fsp3) is 0.368. The third-order valence-corrected chi connectivity index (χ3v) is 5.61. The third-order valence-electron chi connectivity index (χ3n) is 5.14. The molecule has 2 N–H and O–H groups in total. The summed E-state index contributed by atoms with van der Waals surface area (Å²) in [6, 6.07) is 7.02. The van der Waals surface area contributed by atoms with Crippen LogP contribution in [0.5, 0.6) is 0 Å². The van der Waals surface area contributed by atoms with Crippen LogP contribution in [0.4, 0.5) is 8.78 Å². The van der Waals surface area contributed by atoms with E-state index in [1.807, 2.05) is 31.2 Å². The van der Waals surface area contributed by atoms with Crippen LogP contribution in [0.2, 0.25) is 0 Å². The number of nitrogens with one attached hydrogen (secondary N) is 1. The average Bonchev–Trinajstić information content (AvgIpc) is 3.12. The van der Waals surface area contributed by atoms with Gasteiger partial charge in [-0.15, -0.1) is 0 Å². The Hall–Kier alpha value is -1.90. The van der Waals surface area contributed by atoms with E-state index in [0.717, 1.165) is 26.5 Å². The first kappa shape index (κ1) is 18.5. The SMILES string of the molecule is C[C@@H]1Cc2c(ccc3[nH]ncc23)C(c2ccc(Br)cn2)N1CC(F)(F)CO. The van der Waals surface area contributed by atoms with Crippen molar-refractivity contribution in [3.63, 3.8) is 0 Å². The first-order chi connectivity index (χ1) is 12.9. The van der Waals surface area contributed by atoms with Crippen molar-refractivity contribution >= 4 is 26.8 Å². The lowest BCUT2D eigenvalue weighted by Gasteiger charge is -2.43. The number of alkyl halides is 2. The number of fused-ring (bicyclic) bond motifs is 3. The number of aliphatic hydroxyl groups is 1. The Morgan fingerprint density at radius 3 is 2.81 bits per heavy atom. The molecule has 3 aromatic rings. The molecule has 1 unspecified atom stereocenters. The first-order valence-corrected chi connectivity index (χ1v) is 9.49. The Morgan fingerprint density at radius 1 is 1.30 bits per heavy atom. The van der Waals surface area contributed by atoms with Gasteiger partial charge in [0, 0.05) is 22.1 Å². The lowest BCUT2D eigenvalue weighted by molar-refractivity contribution is -0.0864. The van der Waals surface area contributed by atoms with Crippen LogP contribution in [-0.4, -0.2) is 50.3 Å². The van der Waals surface area contributed by atoms with Gasteiger partial charge in [0.1, 0.15) is 6.61 Å². The van der Waals surface area contributed by atoms with Crippen LogP contribution in [-0.2, 0) is 6.42 Å². The van der Waals surface area contributed by atoms with Crippen LogP contribution in [0.1, 0.15) is 29.8 Å². The van der Waals surface area contributed by atoms with Crippen molar-refractivity contribution in [2.24, 2.45) is 0 Å². The van der Waals surface area contributed by atoms with Crippen LogP contribution in [0.15, 0.2) is 41.1 Å². The molecular weight excluding hydrogens is 418 g/mol. The maximum Gasteiger partial charge on any atom is 0.283 e. The molecule has 0 radical (unpaired) electrons. The standard InChI is InChI=1S/C19H19BrF2N4O/c1-11-6-14-13(3-5-16-15(14)8-24-25-16)18(17-4-2-12(20)7-23-17)26(11)9-19(21,22)10-27/h2-5,7-8,11,18,27H,6,9-10H2,1H3,(H,24,25)/t11-,18?/m1/s1. The van der Waals surface area contributed by atoms with Crippen LogP contribution in [0, 0.1) is 0 Å². The van der Waals surface area contributed by atoms with Gasteiger partial charge < -0.3 is 5.11 Å². The second kappa shape index (κ2) is 6.92. The van der Waals surface area contributed by atoms with E-state index >= 15 is 0 Å². The van der Waals surface area contributed by atoms with Gasteiger partial charge in [-0.1, -0.05) is 6.07 Å². The van der Waals surface area contributed by atoms with Gasteiger partial charge in [-0.05, 0) is 58.6 Å². The van der Waals surface area contributed by atoms with Crippen molar-refractivity contribution < 1.29 is 13.9 Å². The molecule has 0 amide bonds.